The van der Waals surface area contributed by atoms with Crippen molar-refractivity contribution >= 4 is 35.2 Å². The largest absolute Gasteiger partial charge is 0.303 e. The number of hydrogen-bond acceptors (Lipinski definition) is 3. The van der Waals surface area contributed by atoms with Crippen molar-refractivity contribution in [3.8, 4) is 0 Å². The van der Waals surface area contributed by atoms with Crippen LogP contribution >= 0.6 is 24.2 Å². The van der Waals surface area contributed by atoms with Crippen LogP contribution in [-0.2, 0) is 6.54 Å². The summed E-state index contributed by atoms with van der Waals surface area (Å²) in [5, 5.41) is 0.585. The summed E-state index contributed by atoms with van der Waals surface area (Å²) >= 11 is 9.98. The predicted octanol–water partition coefficient (Wildman–Crippen LogP) is 4.40. The minimum atomic E-state index is -0.200. The van der Waals surface area contributed by atoms with E-state index in [1.165, 1.54) is 5.56 Å². The Morgan fingerprint density at radius 3 is 2.22 bits per heavy atom. The topological polar surface area (TPSA) is 26.8 Å². The number of anilines is 1. The summed E-state index contributed by atoms with van der Waals surface area (Å²) in [6.45, 7) is 6.92. The number of amides is 1. The molecule has 27 heavy (non-hydrogen) atoms. The van der Waals surface area contributed by atoms with Crippen molar-refractivity contribution in [3.63, 3.8) is 0 Å². The molecule has 0 N–H and O–H groups in total. The Balaban J connectivity index is 1.40. The van der Waals surface area contributed by atoms with Gasteiger partial charge >= 0.3 is 0 Å². The first-order valence-corrected chi connectivity index (χ1v) is 10.2. The van der Waals surface area contributed by atoms with E-state index in [2.05, 4.69) is 34.6 Å². The molecule has 2 aromatic carbocycles. The number of piperazine rings is 1. The highest BCUT2D eigenvalue weighted by atomic mass is 35.5. The highest BCUT2D eigenvalue weighted by Gasteiger charge is 2.18. The van der Waals surface area contributed by atoms with Crippen molar-refractivity contribution in [1.82, 2.24) is 9.80 Å². The average molecular weight is 404 g/mol. The van der Waals surface area contributed by atoms with Gasteiger partial charge < -0.3 is 9.80 Å². The van der Waals surface area contributed by atoms with Crippen LogP contribution in [0.3, 0.4) is 0 Å². The van der Waals surface area contributed by atoms with Crippen LogP contribution in [0.4, 0.5) is 10.5 Å². The number of hydrogen-bond donors (Lipinski definition) is 1. The Kier molecular flexibility index (Phi) is 7.59. The van der Waals surface area contributed by atoms with Gasteiger partial charge in [-0.2, -0.15) is 0 Å². The molecule has 1 saturated heterocycles. The van der Waals surface area contributed by atoms with Crippen molar-refractivity contribution in [2.24, 2.45) is 0 Å². The van der Waals surface area contributed by atoms with Crippen LogP contribution in [0.5, 0.6) is 0 Å². The van der Waals surface area contributed by atoms with Gasteiger partial charge in [-0.1, -0.05) is 54.6 Å². The maximum Gasteiger partial charge on any atom is 0.282 e. The Morgan fingerprint density at radius 1 is 0.963 bits per heavy atom. The average Bonchev–Trinajstić information content (AvgIpc) is 2.69. The lowest BCUT2D eigenvalue weighted by Crippen LogP contribution is -2.46. The molecule has 4 nitrogen and oxygen atoms in total. The highest BCUT2D eigenvalue weighted by molar-refractivity contribution is 7.96. The van der Waals surface area contributed by atoms with Gasteiger partial charge in [0.05, 0.1) is 0 Å². The number of rotatable bonds is 7. The van der Waals surface area contributed by atoms with Gasteiger partial charge in [-0.15, -0.1) is 0 Å². The summed E-state index contributed by atoms with van der Waals surface area (Å²) in [6, 6.07) is 17.8. The van der Waals surface area contributed by atoms with Gasteiger partial charge in [0, 0.05) is 50.0 Å². The van der Waals surface area contributed by atoms with E-state index in [1.54, 1.807) is 4.90 Å². The molecular weight excluding hydrogens is 378 g/mol. The number of halogens is 1. The molecule has 1 amide bonds. The molecule has 0 bridgehead atoms. The maximum absolute atomic E-state index is 11.8. The molecule has 0 saturated carbocycles. The van der Waals surface area contributed by atoms with Crippen LogP contribution in [0.2, 0.25) is 5.02 Å². The standard InChI is InChI=1S/C21H26ClN3OS/c22-19-9-7-18(8-10-19)17-24-15-13-23(14-16-24)11-4-12-25(21(26)27)20-5-2-1-3-6-20/h1-3,5-10H,4,11-17H2,(H,26,27). The van der Waals surface area contributed by atoms with Gasteiger partial charge in [-0.3, -0.25) is 9.69 Å². The zero-order valence-corrected chi connectivity index (χ0v) is 17.1. The van der Waals surface area contributed by atoms with E-state index in [-0.39, 0.29) is 5.24 Å². The Labute approximate surface area is 172 Å². The van der Waals surface area contributed by atoms with Gasteiger partial charge in [0.25, 0.3) is 5.24 Å². The van der Waals surface area contributed by atoms with E-state index in [1.807, 2.05) is 42.5 Å². The third-order valence-corrected chi connectivity index (χ3v) is 5.43. The van der Waals surface area contributed by atoms with E-state index in [0.29, 0.717) is 6.54 Å². The molecule has 0 spiro atoms. The monoisotopic (exact) mass is 403 g/mol. The molecule has 0 unspecified atom stereocenters. The fourth-order valence-electron chi connectivity index (χ4n) is 3.41. The van der Waals surface area contributed by atoms with Gasteiger partial charge in [-0.25, -0.2) is 0 Å². The van der Waals surface area contributed by atoms with Crippen LogP contribution in [0.1, 0.15) is 12.0 Å². The zero-order valence-electron chi connectivity index (χ0n) is 15.4. The zero-order chi connectivity index (χ0) is 19.1. The first kappa shape index (κ1) is 20.2. The second-order valence-electron chi connectivity index (χ2n) is 6.87. The minimum absolute atomic E-state index is 0.200. The van der Waals surface area contributed by atoms with Crippen LogP contribution in [0.25, 0.3) is 0 Å². The van der Waals surface area contributed by atoms with Gasteiger partial charge in [0.1, 0.15) is 0 Å². The van der Waals surface area contributed by atoms with Crippen LogP contribution in [-0.4, -0.2) is 54.3 Å². The molecule has 2 aromatic rings. The van der Waals surface area contributed by atoms with Crippen LogP contribution in [0, 0.1) is 0 Å². The Bertz CT molecular complexity index is 718. The summed E-state index contributed by atoms with van der Waals surface area (Å²) in [5.74, 6) is 0. The number of carbonyl (C=O) groups is 1. The van der Waals surface area contributed by atoms with Gasteiger partial charge in [-0.05, 0) is 42.8 Å². The van der Waals surface area contributed by atoms with Gasteiger partial charge in [0.2, 0.25) is 0 Å². The molecule has 0 aromatic heterocycles. The van der Waals surface area contributed by atoms with Crippen LogP contribution < -0.4 is 4.90 Å². The summed E-state index contributed by atoms with van der Waals surface area (Å²) in [5.41, 5.74) is 2.21. The fourth-order valence-corrected chi connectivity index (χ4v) is 3.76. The number of carbonyl (C=O) groups excluding carboxylic acids is 1. The predicted molar refractivity (Wildman–Crippen MR) is 116 cm³/mol. The quantitative estimate of drug-likeness (QED) is 0.694. The number of nitrogens with zero attached hydrogens (tertiary/aromatic N) is 3. The lowest BCUT2D eigenvalue weighted by atomic mass is 10.2. The maximum atomic E-state index is 11.8. The molecule has 144 valence electrons. The van der Waals surface area contributed by atoms with Crippen molar-refractivity contribution in [1.29, 1.82) is 0 Å². The van der Waals surface area contributed by atoms with Crippen molar-refractivity contribution in [2.75, 3.05) is 44.2 Å². The Morgan fingerprint density at radius 2 is 1.59 bits per heavy atom. The minimum Gasteiger partial charge on any atom is -0.303 e. The lowest BCUT2D eigenvalue weighted by Gasteiger charge is -2.35. The third-order valence-electron chi connectivity index (χ3n) is 4.94. The number of thiol groups is 1. The third kappa shape index (κ3) is 6.25. The van der Waals surface area contributed by atoms with E-state index in [9.17, 15) is 4.79 Å². The molecule has 0 radical (unpaired) electrons. The molecule has 0 aliphatic carbocycles. The van der Waals surface area contributed by atoms with Crippen LogP contribution in [0.15, 0.2) is 54.6 Å². The molecular formula is C21H26ClN3OS. The van der Waals surface area contributed by atoms with E-state index >= 15 is 0 Å². The second-order valence-corrected chi connectivity index (χ2v) is 7.69. The molecule has 3 rings (SSSR count). The molecule has 1 aliphatic rings. The highest BCUT2D eigenvalue weighted by Crippen LogP contribution is 2.16. The summed E-state index contributed by atoms with van der Waals surface area (Å²) < 4.78 is 0. The van der Waals surface area contributed by atoms with Crippen molar-refractivity contribution in [2.45, 2.75) is 13.0 Å². The van der Waals surface area contributed by atoms with Crippen molar-refractivity contribution < 1.29 is 4.79 Å². The fraction of sp³-hybridized carbons (Fsp3) is 0.381. The first-order chi connectivity index (χ1) is 13.1. The lowest BCUT2D eigenvalue weighted by molar-refractivity contribution is 0.126. The SMILES string of the molecule is O=C(S)N(CCCN1CCN(Cc2ccc(Cl)cc2)CC1)c1ccccc1. The van der Waals surface area contributed by atoms with E-state index in [4.69, 9.17) is 11.6 Å². The number of benzene rings is 2. The summed E-state index contributed by atoms with van der Waals surface area (Å²) in [6.07, 6.45) is 0.943. The molecule has 1 aliphatic heterocycles. The van der Waals surface area contributed by atoms with E-state index < -0.39 is 0 Å². The van der Waals surface area contributed by atoms with Gasteiger partial charge in [0.15, 0.2) is 0 Å². The number of para-hydroxylation sites is 1. The van der Waals surface area contributed by atoms with Crippen molar-refractivity contribution in [3.05, 3.63) is 65.2 Å². The summed E-state index contributed by atoms with van der Waals surface area (Å²) in [4.78, 5) is 18.5. The molecule has 1 heterocycles. The molecule has 0 atom stereocenters. The first-order valence-electron chi connectivity index (χ1n) is 9.36. The second kappa shape index (κ2) is 10.1. The Hall–Kier alpha value is -1.53. The normalized spacial score (nSPS) is 15.6. The molecule has 1 fully saturated rings. The molecule has 6 heteroatoms. The smallest absolute Gasteiger partial charge is 0.282 e. The van der Waals surface area contributed by atoms with E-state index in [0.717, 1.165) is 56.4 Å². The summed E-state index contributed by atoms with van der Waals surface area (Å²) in [7, 11) is 0.